The molecule has 124 valence electrons. The average Bonchev–Trinajstić information content (AvgIpc) is 2.97. The van der Waals surface area contributed by atoms with E-state index in [0.29, 0.717) is 18.7 Å². The number of likely N-dealkylation sites (N-methyl/N-ethyl adjacent to an activating group) is 1. The molecule has 2 amide bonds. The Bertz CT molecular complexity index is 597. The zero-order chi connectivity index (χ0) is 16.4. The van der Waals surface area contributed by atoms with Crippen molar-refractivity contribution in [2.24, 2.45) is 5.92 Å². The van der Waals surface area contributed by atoms with Crippen LogP contribution >= 0.6 is 0 Å². The van der Waals surface area contributed by atoms with E-state index < -0.39 is 0 Å². The number of rotatable bonds is 3. The van der Waals surface area contributed by atoms with Gasteiger partial charge in [0, 0.05) is 24.7 Å². The summed E-state index contributed by atoms with van der Waals surface area (Å²) in [6, 6.07) is 7.43. The van der Waals surface area contributed by atoms with Crippen molar-refractivity contribution in [2.45, 2.75) is 6.42 Å². The molecule has 1 N–H and O–H groups in total. The predicted molar refractivity (Wildman–Crippen MR) is 86.7 cm³/mol. The van der Waals surface area contributed by atoms with Gasteiger partial charge in [0.05, 0.1) is 46.3 Å². The Morgan fingerprint density at radius 3 is 2.74 bits per heavy atom. The Hall–Kier alpha value is -2.08. The molecule has 0 aromatic heterocycles. The summed E-state index contributed by atoms with van der Waals surface area (Å²) in [6.07, 6.45) is 0.301. The number of amides is 2. The maximum absolute atomic E-state index is 12.7. The van der Waals surface area contributed by atoms with Gasteiger partial charge in [-0.2, -0.15) is 0 Å². The number of nitrogens with zero attached hydrogens (tertiary/aromatic N) is 2. The van der Waals surface area contributed by atoms with Gasteiger partial charge in [0.25, 0.3) is 0 Å². The van der Waals surface area contributed by atoms with Crippen LogP contribution in [0.1, 0.15) is 6.42 Å². The number of methoxy groups -OCH3 is 1. The Labute approximate surface area is 136 Å². The largest absolute Gasteiger partial charge is 0.497 e. The molecule has 2 aliphatic rings. The second-order valence-corrected chi connectivity index (χ2v) is 6.39. The fraction of sp³-hybridized carbons (Fsp3) is 0.529. The maximum atomic E-state index is 12.7. The highest BCUT2D eigenvalue weighted by Gasteiger charge is 2.38. The van der Waals surface area contributed by atoms with Gasteiger partial charge in [0.15, 0.2) is 0 Å². The molecule has 2 saturated heterocycles. The predicted octanol–water partition coefficient (Wildman–Crippen LogP) is -0.595. The molecular formula is C17H24N3O3+. The first-order valence-corrected chi connectivity index (χ1v) is 8.13. The van der Waals surface area contributed by atoms with E-state index in [0.717, 1.165) is 31.9 Å². The van der Waals surface area contributed by atoms with Gasteiger partial charge >= 0.3 is 0 Å². The molecule has 2 aliphatic heterocycles. The fourth-order valence-corrected chi connectivity index (χ4v) is 3.27. The summed E-state index contributed by atoms with van der Waals surface area (Å²) in [5.74, 6) is 0.617. The van der Waals surface area contributed by atoms with Gasteiger partial charge in [-0.05, 0) is 12.1 Å². The van der Waals surface area contributed by atoms with Crippen molar-refractivity contribution in [2.75, 3.05) is 51.8 Å². The topological polar surface area (TPSA) is 54.3 Å². The molecular weight excluding hydrogens is 294 g/mol. The van der Waals surface area contributed by atoms with Crippen LogP contribution in [0.2, 0.25) is 0 Å². The Balaban J connectivity index is 1.68. The van der Waals surface area contributed by atoms with Crippen molar-refractivity contribution < 1.29 is 19.2 Å². The van der Waals surface area contributed by atoms with Crippen LogP contribution in [0, 0.1) is 5.92 Å². The van der Waals surface area contributed by atoms with E-state index in [1.807, 2.05) is 29.2 Å². The number of piperazine rings is 1. The fourth-order valence-electron chi connectivity index (χ4n) is 3.27. The minimum Gasteiger partial charge on any atom is -0.497 e. The summed E-state index contributed by atoms with van der Waals surface area (Å²) in [7, 11) is 3.75. The Kier molecular flexibility index (Phi) is 4.52. The molecule has 0 spiro atoms. The van der Waals surface area contributed by atoms with E-state index in [9.17, 15) is 9.59 Å². The lowest BCUT2D eigenvalue weighted by molar-refractivity contribution is -0.883. The summed E-state index contributed by atoms with van der Waals surface area (Å²) in [5.41, 5.74) is 0.799. The van der Waals surface area contributed by atoms with Crippen molar-refractivity contribution in [1.82, 2.24) is 4.90 Å². The number of hydrogen-bond acceptors (Lipinski definition) is 3. The molecule has 6 nitrogen and oxygen atoms in total. The standard InChI is InChI=1S/C17H23N3O3/c1-18-6-8-19(9-7-18)17(22)13-10-16(21)20(12-13)14-4-3-5-15(11-14)23-2/h3-5,11,13H,6-10,12H2,1-2H3/p+1/t13-/m0/s1. The second-order valence-electron chi connectivity index (χ2n) is 6.39. The molecule has 0 saturated carbocycles. The highest BCUT2D eigenvalue weighted by molar-refractivity contribution is 6.00. The summed E-state index contributed by atoms with van der Waals surface area (Å²) in [5, 5.41) is 0. The van der Waals surface area contributed by atoms with Gasteiger partial charge in [0.1, 0.15) is 5.75 Å². The van der Waals surface area contributed by atoms with Crippen LogP contribution in [-0.4, -0.2) is 63.6 Å². The van der Waals surface area contributed by atoms with Crippen molar-refractivity contribution in [3.63, 3.8) is 0 Å². The summed E-state index contributed by atoms with van der Waals surface area (Å²) >= 11 is 0. The maximum Gasteiger partial charge on any atom is 0.228 e. The van der Waals surface area contributed by atoms with Crippen molar-refractivity contribution in [3.8, 4) is 5.75 Å². The number of hydrogen-bond donors (Lipinski definition) is 1. The number of anilines is 1. The third kappa shape index (κ3) is 3.32. The molecule has 1 aromatic rings. The van der Waals surface area contributed by atoms with Crippen LogP contribution in [0.4, 0.5) is 5.69 Å². The number of carbonyl (C=O) groups excluding carboxylic acids is 2. The molecule has 0 unspecified atom stereocenters. The minimum atomic E-state index is -0.230. The van der Waals surface area contributed by atoms with Crippen LogP contribution in [0.25, 0.3) is 0 Å². The average molecular weight is 318 g/mol. The first kappa shape index (κ1) is 15.8. The normalized spacial score (nSPS) is 22.5. The monoisotopic (exact) mass is 318 g/mol. The highest BCUT2D eigenvalue weighted by Crippen LogP contribution is 2.28. The Morgan fingerprint density at radius 2 is 2.04 bits per heavy atom. The zero-order valence-corrected chi connectivity index (χ0v) is 13.7. The van der Waals surface area contributed by atoms with E-state index in [-0.39, 0.29) is 17.7 Å². The van der Waals surface area contributed by atoms with E-state index in [1.165, 1.54) is 4.90 Å². The van der Waals surface area contributed by atoms with Gasteiger partial charge < -0.3 is 19.4 Å². The third-order valence-corrected chi connectivity index (χ3v) is 4.77. The first-order chi connectivity index (χ1) is 11.1. The van der Waals surface area contributed by atoms with Gasteiger partial charge in [-0.1, -0.05) is 6.07 Å². The molecule has 0 aliphatic carbocycles. The number of carbonyl (C=O) groups is 2. The molecule has 0 radical (unpaired) electrons. The van der Waals surface area contributed by atoms with Crippen LogP contribution in [-0.2, 0) is 9.59 Å². The summed E-state index contributed by atoms with van der Waals surface area (Å²) < 4.78 is 5.21. The summed E-state index contributed by atoms with van der Waals surface area (Å²) in [4.78, 5) is 30.1. The number of benzene rings is 1. The Morgan fingerprint density at radius 1 is 1.30 bits per heavy atom. The van der Waals surface area contributed by atoms with E-state index in [2.05, 4.69) is 7.05 Å². The molecule has 23 heavy (non-hydrogen) atoms. The molecule has 1 aromatic carbocycles. The molecule has 3 rings (SSSR count). The number of ether oxygens (including phenoxy) is 1. The molecule has 6 heteroatoms. The van der Waals surface area contributed by atoms with Crippen LogP contribution in [0.5, 0.6) is 5.75 Å². The molecule has 0 bridgehead atoms. The van der Waals surface area contributed by atoms with Gasteiger partial charge in [-0.3, -0.25) is 9.59 Å². The zero-order valence-electron chi connectivity index (χ0n) is 13.7. The van der Waals surface area contributed by atoms with E-state index in [4.69, 9.17) is 4.74 Å². The van der Waals surface area contributed by atoms with Gasteiger partial charge in [0.2, 0.25) is 11.8 Å². The lowest BCUT2D eigenvalue weighted by Crippen LogP contribution is -3.12. The van der Waals surface area contributed by atoms with Gasteiger partial charge in [-0.25, -0.2) is 0 Å². The van der Waals surface area contributed by atoms with Crippen molar-refractivity contribution in [3.05, 3.63) is 24.3 Å². The van der Waals surface area contributed by atoms with Crippen LogP contribution in [0.15, 0.2) is 24.3 Å². The number of nitrogens with one attached hydrogen (secondary N) is 1. The smallest absolute Gasteiger partial charge is 0.228 e. The lowest BCUT2D eigenvalue weighted by Gasteiger charge is -2.31. The quantitative estimate of drug-likeness (QED) is 0.810. The minimum absolute atomic E-state index is 0.0105. The number of quaternary nitrogens is 1. The van der Waals surface area contributed by atoms with Crippen molar-refractivity contribution >= 4 is 17.5 Å². The van der Waals surface area contributed by atoms with Crippen LogP contribution in [0.3, 0.4) is 0 Å². The molecule has 2 heterocycles. The van der Waals surface area contributed by atoms with E-state index in [1.54, 1.807) is 12.0 Å². The molecule has 2 fully saturated rings. The third-order valence-electron chi connectivity index (χ3n) is 4.77. The lowest BCUT2D eigenvalue weighted by atomic mass is 10.1. The van der Waals surface area contributed by atoms with Crippen molar-refractivity contribution in [1.29, 1.82) is 0 Å². The van der Waals surface area contributed by atoms with Gasteiger partial charge in [-0.15, -0.1) is 0 Å². The summed E-state index contributed by atoms with van der Waals surface area (Å²) in [6.45, 7) is 3.99. The first-order valence-electron chi connectivity index (χ1n) is 8.13. The molecule has 1 atom stereocenters. The van der Waals surface area contributed by atoms with Crippen LogP contribution < -0.4 is 14.5 Å². The SMILES string of the molecule is COc1cccc(N2C[C@@H](C(=O)N3CC[NH+](C)CC3)CC2=O)c1. The highest BCUT2D eigenvalue weighted by atomic mass is 16.5. The second kappa shape index (κ2) is 6.58. The van der Waals surface area contributed by atoms with E-state index >= 15 is 0 Å².